The molecule has 5 rings (SSSR count). The Labute approximate surface area is 241 Å². The number of thiophene rings is 1. The molecule has 1 atom stereocenters. The summed E-state index contributed by atoms with van der Waals surface area (Å²) in [6, 6.07) is 10.6. The molecule has 1 aromatic carbocycles. The Balaban J connectivity index is 0.000000393. The first-order chi connectivity index (χ1) is 14.3. The van der Waals surface area contributed by atoms with E-state index in [2.05, 4.69) is 102 Å². The molecule has 1 unspecified atom stereocenters. The Hall–Kier alpha value is 2.79. The molecule has 3 heterocycles. The predicted molar refractivity (Wildman–Crippen MR) is 169 cm³/mol. The third-order valence-corrected chi connectivity index (χ3v) is 8.65. The van der Waals surface area contributed by atoms with Crippen molar-refractivity contribution < 1.29 is 7.10 Å². The van der Waals surface area contributed by atoms with E-state index in [1.165, 1.54) is 28.1 Å². The van der Waals surface area contributed by atoms with Crippen molar-refractivity contribution in [3.8, 4) is 5.69 Å². The van der Waals surface area contributed by atoms with E-state index >= 15 is 0 Å². The maximum Gasteiger partial charge on any atom is 0.352 e. The molecule has 1 aliphatic heterocycles. The molecule has 2 aromatic heterocycles. The van der Waals surface area contributed by atoms with Crippen LogP contribution < -0.4 is 12.7 Å². The van der Waals surface area contributed by atoms with Gasteiger partial charge in [0, 0.05) is 15.1 Å². The molecule has 3 nitrogen and oxygen atoms in total. The van der Waals surface area contributed by atoms with Crippen molar-refractivity contribution in [2.75, 3.05) is 10.2 Å². The number of rotatable bonds is 2. The monoisotopic (exact) mass is 1120 g/mol. The summed E-state index contributed by atoms with van der Waals surface area (Å²) in [5.74, 6) is 1.05. The largest absolute Gasteiger partial charge is 0.352 e. The van der Waals surface area contributed by atoms with Gasteiger partial charge in [-0.3, -0.25) is 0 Å². The van der Waals surface area contributed by atoms with Gasteiger partial charge >= 0.3 is 87.7 Å². The van der Waals surface area contributed by atoms with Crippen LogP contribution >= 0.6 is 120 Å². The fraction of sp³-hybridized carbons (Fsp3) is 0.368. The number of para-hydroxylation sites is 1. The topological polar surface area (TPSA) is 25.9 Å². The number of aryl methyl sites for hydroxylation is 2. The minimum absolute atomic E-state index is 0.174. The molecule has 0 amide bonds. The maximum absolute atomic E-state index is 13.6. The molecule has 0 radical (unpaired) electrons. The van der Waals surface area contributed by atoms with Crippen LogP contribution in [-0.2, 0) is 12.8 Å². The number of benzene rings is 1. The standard InChI is InChI=1S/C19H18IN2OS2.I5/c20-10-13-11-24-19-21(12-6-2-1-3-7-12)17(23)16-14-8-4-5-9-15(14)25-18(16)22(13)19;1-5(2,3)4/h1-3,6-7,13H,4-5,8-11H2;/q+1;-1. The molecular formula is C19H18I6N2OS2. The van der Waals surface area contributed by atoms with Crippen LogP contribution in [0.25, 0.3) is 15.9 Å². The van der Waals surface area contributed by atoms with Crippen molar-refractivity contribution in [2.24, 2.45) is 0 Å². The van der Waals surface area contributed by atoms with Gasteiger partial charge in [-0.05, 0) is 55.1 Å². The third kappa shape index (κ3) is 5.77. The number of thioether (sulfide) groups is 1. The molecule has 3 aromatic rings. The SMILES string of the molecule is I[I-](I)(I)I.O=c1c2c3c(sc2[n+]2c(n1-c1ccccc1)SCC2CI)CCCC3. The van der Waals surface area contributed by atoms with Gasteiger partial charge in [0.05, 0.1) is 0 Å². The Morgan fingerprint density at radius 3 is 2.43 bits per heavy atom. The summed E-state index contributed by atoms with van der Waals surface area (Å²) in [5.41, 5.74) is 2.49. The van der Waals surface area contributed by atoms with Gasteiger partial charge in [-0.15, -0.1) is 0 Å². The number of halogens is 6. The number of nitrogens with zero attached hydrogens (tertiary/aromatic N) is 2. The first-order valence-corrected chi connectivity index (χ1v) is 37.7. The van der Waals surface area contributed by atoms with Crippen molar-refractivity contribution >= 4 is 130 Å². The predicted octanol–water partition coefficient (Wildman–Crippen LogP) is 4.85. The Kier molecular flexibility index (Phi) is 9.69. The van der Waals surface area contributed by atoms with Crippen molar-refractivity contribution in [3.05, 3.63) is 51.1 Å². The summed E-state index contributed by atoms with van der Waals surface area (Å²) in [6.45, 7) is 0. The van der Waals surface area contributed by atoms with E-state index in [-0.39, 0.29) is 5.56 Å². The molecule has 0 saturated carbocycles. The fourth-order valence-electron chi connectivity index (χ4n) is 3.95. The van der Waals surface area contributed by atoms with Gasteiger partial charge in [-0.1, -0.05) is 52.1 Å². The van der Waals surface area contributed by atoms with Gasteiger partial charge in [0.25, 0.3) is 0 Å². The van der Waals surface area contributed by atoms with Crippen LogP contribution in [-0.4, -0.2) is 14.7 Å². The summed E-state index contributed by atoms with van der Waals surface area (Å²) in [6.07, 6.45) is 4.65. The van der Waals surface area contributed by atoms with Crippen LogP contribution in [0.5, 0.6) is 0 Å². The van der Waals surface area contributed by atoms with Crippen molar-refractivity contribution in [3.63, 3.8) is 0 Å². The maximum atomic E-state index is 13.6. The van der Waals surface area contributed by atoms with Crippen molar-refractivity contribution in [1.29, 1.82) is 0 Å². The van der Waals surface area contributed by atoms with Crippen LogP contribution in [0.4, 0.5) is 0 Å². The molecule has 2 aliphatic rings. The third-order valence-electron chi connectivity index (χ3n) is 5.15. The number of aromatic nitrogens is 2. The molecule has 11 heteroatoms. The number of hydrogen-bond acceptors (Lipinski definition) is 3. The van der Waals surface area contributed by atoms with E-state index in [0.717, 1.165) is 39.3 Å². The number of fused-ring (bicyclic) bond motifs is 5. The van der Waals surface area contributed by atoms with E-state index in [1.807, 2.05) is 58.0 Å². The van der Waals surface area contributed by atoms with Crippen LogP contribution in [0.1, 0.15) is 29.3 Å². The van der Waals surface area contributed by atoms with Crippen molar-refractivity contribution in [2.45, 2.75) is 36.9 Å². The van der Waals surface area contributed by atoms with E-state index in [1.54, 1.807) is 0 Å². The summed E-state index contributed by atoms with van der Waals surface area (Å²) >= 11 is 16.3. The summed E-state index contributed by atoms with van der Waals surface area (Å²) in [7, 11) is 0. The van der Waals surface area contributed by atoms with Gasteiger partial charge in [0.2, 0.25) is 0 Å². The summed E-state index contributed by atoms with van der Waals surface area (Å²) < 4.78 is 4.44. The number of alkyl halides is 1. The molecule has 1 aliphatic carbocycles. The second-order valence-corrected chi connectivity index (χ2v) is 107. The van der Waals surface area contributed by atoms with Gasteiger partial charge in [0.15, 0.2) is 4.83 Å². The van der Waals surface area contributed by atoms with E-state index in [9.17, 15) is 4.79 Å². The average molecular weight is 1120 g/mol. The quantitative estimate of drug-likeness (QED) is 0.159. The smallest absolute Gasteiger partial charge is 0.240 e. The van der Waals surface area contributed by atoms with E-state index in [0.29, 0.717) is 6.04 Å². The summed E-state index contributed by atoms with van der Waals surface area (Å²) in [5, 5.41) is 2.09. The van der Waals surface area contributed by atoms with Gasteiger partial charge in [-0.25, -0.2) is 9.36 Å². The van der Waals surface area contributed by atoms with Gasteiger partial charge in [0.1, 0.15) is 17.1 Å². The average Bonchev–Trinajstić information content (AvgIpc) is 3.29. The van der Waals surface area contributed by atoms with Crippen LogP contribution in [0.2, 0.25) is 0 Å². The van der Waals surface area contributed by atoms with E-state index in [4.69, 9.17) is 0 Å². The molecule has 30 heavy (non-hydrogen) atoms. The number of hydrogen-bond donors (Lipinski definition) is 0. The molecule has 0 fully saturated rings. The first kappa shape index (κ1) is 25.9. The van der Waals surface area contributed by atoms with Gasteiger partial charge in [-0.2, -0.15) is 4.57 Å². The zero-order chi connectivity index (χ0) is 21.5. The van der Waals surface area contributed by atoms with Crippen LogP contribution in [0.3, 0.4) is 0 Å². The van der Waals surface area contributed by atoms with Crippen LogP contribution in [0, 0.1) is 0 Å². The van der Waals surface area contributed by atoms with Crippen molar-refractivity contribution in [1.82, 2.24) is 4.57 Å². The molecule has 0 N–H and O–H groups in total. The van der Waals surface area contributed by atoms with E-state index < -0.39 is 2.53 Å². The molecule has 0 saturated heterocycles. The normalized spacial score (nSPS) is 18.5. The minimum atomic E-state index is -1.06. The Morgan fingerprint density at radius 2 is 1.77 bits per heavy atom. The zero-order valence-corrected chi connectivity index (χ0v) is 30.2. The molecule has 0 spiro atoms. The van der Waals surface area contributed by atoms with Crippen LogP contribution in [0.15, 0.2) is 40.3 Å². The Morgan fingerprint density at radius 1 is 1.10 bits per heavy atom. The fourth-order valence-corrected chi connectivity index (χ4v) is 7.90. The molecule has 0 bridgehead atoms. The first-order valence-electron chi connectivity index (χ1n) is 9.25. The second-order valence-electron chi connectivity index (χ2n) is 6.96. The Bertz CT molecular complexity index is 1120. The zero-order valence-electron chi connectivity index (χ0n) is 15.6. The molecular weight excluding hydrogens is 1100 g/mol. The molecule has 164 valence electrons. The second kappa shape index (κ2) is 11.2. The van der Waals surface area contributed by atoms with Gasteiger partial charge < -0.3 is 0 Å². The summed E-state index contributed by atoms with van der Waals surface area (Å²) in [4.78, 5) is 16.2. The minimum Gasteiger partial charge on any atom is -0.240 e.